The SMILES string of the molecule is COc1ccccc1C[C@@H](C)Cc1nc(-c2ccccn2)no1. The lowest BCUT2D eigenvalue weighted by molar-refractivity contribution is 0.355. The normalized spacial score (nSPS) is 12.1. The third-order valence-corrected chi connectivity index (χ3v) is 3.65. The summed E-state index contributed by atoms with van der Waals surface area (Å²) in [5.74, 6) is 2.44. The monoisotopic (exact) mass is 309 g/mol. The van der Waals surface area contributed by atoms with Crippen LogP contribution < -0.4 is 4.74 Å². The van der Waals surface area contributed by atoms with Gasteiger partial charge in [-0.1, -0.05) is 36.3 Å². The van der Waals surface area contributed by atoms with Crippen LogP contribution in [0.15, 0.2) is 53.2 Å². The fourth-order valence-electron chi connectivity index (χ4n) is 2.55. The fourth-order valence-corrected chi connectivity index (χ4v) is 2.55. The first kappa shape index (κ1) is 15.2. The Morgan fingerprint density at radius 1 is 1.09 bits per heavy atom. The molecule has 118 valence electrons. The van der Waals surface area contributed by atoms with E-state index in [-0.39, 0.29) is 0 Å². The van der Waals surface area contributed by atoms with Crippen LogP contribution >= 0.6 is 0 Å². The number of hydrogen-bond donors (Lipinski definition) is 0. The molecule has 0 bridgehead atoms. The van der Waals surface area contributed by atoms with E-state index in [9.17, 15) is 0 Å². The Labute approximate surface area is 135 Å². The Kier molecular flexibility index (Phi) is 4.66. The topological polar surface area (TPSA) is 61.0 Å². The van der Waals surface area contributed by atoms with Crippen LogP contribution in [0.2, 0.25) is 0 Å². The molecule has 0 spiro atoms. The van der Waals surface area contributed by atoms with E-state index in [2.05, 4.69) is 28.1 Å². The van der Waals surface area contributed by atoms with Crippen molar-refractivity contribution in [3.8, 4) is 17.3 Å². The largest absolute Gasteiger partial charge is 0.496 e. The van der Waals surface area contributed by atoms with Crippen LogP contribution in [-0.4, -0.2) is 22.2 Å². The Morgan fingerprint density at radius 2 is 1.91 bits per heavy atom. The van der Waals surface area contributed by atoms with Crippen LogP contribution in [0.3, 0.4) is 0 Å². The van der Waals surface area contributed by atoms with E-state index in [1.54, 1.807) is 13.3 Å². The highest BCUT2D eigenvalue weighted by Crippen LogP contribution is 2.23. The van der Waals surface area contributed by atoms with Gasteiger partial charge in [-0.25, -0.2) is 0 Å². The van der Waals surface area contributed by atoms with Crippen LogP contribution in [0.1, 0.15) is 18.4 Å². The summed E-state index contributed by atoms with van der Waals surface area (Å²) in [4.78, 5) is 8.66. The summed E-state index contributed by atoms with van der Waals surface area (Å²) in [6, 6.07) is 13.7. The van der Waals surface area contributed by atoms with E-state index in [1.807, 2.05) is 36.4 Å². The van der Waals surface area contributed by atoms with E-state index in [0.717, 1.165) is 24.3 Å². The van der Waals surface area contributed by atoms with Gasteiger partial charge in [0.2, 0.25) is 11.7 Å². The molecule has 2 heterocycles. The van der Waals surface area contributed by atoms with Crippen LogP contribution in [-0.2, 0) is 12.8 Å². The lowest BCUT2D eigenvalue weighted by Gasteiger charge is -2.12. The van der Waals surface area contributed by atoms with Gasteiger partial charge >= 0.3 is 0 Å². The van der Waals surface area contributed by atoms with E-state index in [4.69, 9.17) is 9.26 Å². The van der Waals surface area contributed by atoms with Crippen molar-refractivity contribution in [1.29, 1.82) is 0 Å². The van der Waals surface area contributed by atoms with Crippen molar-refractivity contribution in [3.63, 3.8) is 0 Å². The van der Waals surface area contributed by atoms with Gasteiger partial charge in [0, 0.05) is 12.6 Å². The first-order chi connectivity index (χ1) is 11.3. The number of pyridine rings is 1. The first-order valence-electron chi connectivity index (χ1n) is 7.62. The summed E-state index contributed by atoms with van der Waals surface area (Å²) < 4.78 is 10.8. The summed E-state index contributed by atoms with van der Waals surface area (Å²) in [6.07, 6.45) is 3.33. The first-order valence-corrected chi connectivity index (χ1v) is 7.62. The minimum atomic E-state index is 0.364. The smallest absolute Gasteiger partial charge is 0.227 e. The highest BCUT2D eigenvalue weighted by atomic mass is 16.5. The number of para-hydroxylation sites is 1. The average Bonchev–Trinajstić information content (AvgIpc) is 3.04. The quantitative estimate of drug-likeness (QED) is 0.696. The Morgan fingerprint density at radius 3 is 2.70 bits per heavy atom. The molecule has 5 heteroatoms. The highest BCUT2D eigenvalue weighted by Gasteiger charge is 2.14. The molecule has 3 rings (SSSR count). The molecule has 1 aromatic carbocycles. The molecule has 23 heavy (non-hydrogen) atoms. The molecule has 0 aliphatic heterocycles. The van der Waals surface area contributed by atoms with Gasteiger partial charge in [0.05, 0.1) is 7.11 Å². The van der Waals surface area contributed by atoms with Gasteiger partial charge in [0.25, 0.3) is 0 Å². The molecular weight excluding hydrogens is 290 g/mol. The van der Waals surface area contributed by atoms with Gasteiger partial charge in [0.15, 0.2) is 0 Å². The van der Waals surface area contributed by atoms with E-state index < -0.39 is 0 Å². The van der Waals surface area contributed by atoms with E-state index in [1.165, 1.54) is 5.56 Å². The molecule has 0 N–H and O–H groups in total. The van der Waals surface area contributed by atoms with Crippen molar-refractivity contribution in [2.24, 2.45) is 5.92 Å². The molecule has 0 saturated heterocycles. The van der Waals surface area contributed by atoms with Crippen molar-refractivity contribution in [2.45, 2.75) is 19.8 Å². The van der Waals surface area contributed by atoms with Crippen molar-refractivity contribution >= 4 is 0 Å². The maximum atomic E-state index is 5.40. The number of aromatic nitrogens is 3. The molecule has 0 amide bonds. The zero-order chi connectivity index (χ0) is 16.1. The lowest BCUT2D eigenvalue weighted by Crippen LogP contribution is -2.05. The van der Waals surface area contributed by atoms with Gasteiger partial charge in [-0.05, 0) is 36.1 Å². The van der Waals surface area contributed by atoms with Crippen LogP contribution in [0.25, 0.3) is 11.5 Å². The van der Waals surface area contributed by atoms with Gasteiger partial charge in [0.1, 0.15) is 11.4 Å². The second-order valence-corrected chi connectivity index (χ2v) is 5.55. The Hall–Kier alpha value is -2.69. The third-order valence-electron chi connectivity index (χ3n) is 3.65. The molecule has 0 aliphatic rings. The van der Waals surface area contributed by atoms with Crippen molar-refractivity contribution in [1.82, 2.24) is 15.1 Å². The van der Waals surface area contributed by atoms with Crippen LogP contribution in [0, 0.1) is 5.92 Å². The van der Waals surface area contributed by atoms with Gasteiger partial charge in [-0.15, -0.1) is 0 Å². The number of ether oxygens (including phenoxy) is 1. The number of nitrogens with zero attached hydrogens (tertiary/aromatic N) is 3. The van der Waals surface area contributed by atoms with Crippen LogP contribution in [0.5, 0.6) is 5.75 Å². The van der Waals surface area contributed by atoms with Crippen molar-refractivity contribution in [3.05, 3.63) is 60.1 Å². The number of rotatable bonds is 6. The predicted molar refractivity (Wildman–Crippen MR) is 87.1 cm³/mol. The molecule has 5 nitrogen and oxygen atoms in total. The van der Waals surface area contributed by atoms with Crippen molar-refractivity contribution in [2.75, 3.05) is 7.11 Å². The Bertz CT molecular complexity index is 756. The molecule has 0 fully saturated rings. The summed E-state index contributed by atoms with van der Waals surface area (Å²) >= 11 is 0. The standard InChI is InChI=1S/C18H19N3O2/c1-13(11-14-7-3-4-9-16(14)22-2)12-17-20-18(21-23-17)15-8-5-6-10-19-15/h3-10,13H,11-12H2,1-2H3/t13-/m1/s1. The highest BCUT2D eigenvalue weighted by molar-refractivity contribution is 5.47. The van der Waals surface area contributed by atoms with Gasteiger partial charge < -0.3 is 9.26 Å². The molecule has 2 aromatic heterocycles. The molecule has 3 aromatic rings. The third kappa shape index (κ3) is 3.74. The number of benzene rings is 1. The minimum absolute atomic E-state index is 0.364. The maximum absolute atomic E-state index is 5.40. The predicted octanol–water partition coefficient (Wildman–Crippen LogP) is 3.56. The second kappa shape index (κ2) is 7.05. The van der Waals surface area contributed by atoms with Gasteiger partial charge in [-0.2, -0.15) is 4.98 Å². The molecule has 0 unspecified atom stereocenters. The summed E-state index contributed by atoms with van der Waals surface area (Å²) in [5, 5.41) is 4.01. The molecule has 1 atom stereocenters. The number of hydrogen-bond acceptors (Lipinski definition) is 5. The molecule has 0 radical (unpaired) electrons. The minimum Gasteiger partial charge on any atom is -0.496 e. The molecule has 0 aliphatic carbocycles. The summed E-state index contributed by atoms with van der Waals surface area (Å²) in [7, 11) is 1.70. The molecular formula is C18H19N3O2. The summed E-state index contributed by atoms with van der Waals surface area (Å²) in [6.45, 7) is 2.16. The van der Waals surface area contributed by atoms with E-state index >= 15 is 0 Å². The second-order valence-electron chi connectivity index (χ2n) is 5.55. The van der Waals surface area contributed by atoms with Crippen molar-refractivity contribution < 1.29 is 9.26 Å². The zero-order valence-electron chi connectivity index (χ0n) is 13.3. The zero-order valence-corrected chi connectivity index (χ0v) is 13.3. The number of methoxy groups -OCH3 is 1. The lowest BCUT2D eigenvalue weighted by atomic mass is 9.97. The fraction of sp³-hybridized carbons (Fsp3) is 0.278. The van der Waals surface area contributed by atoms with Gasteiger partial charge in [-0.3, -0.25) is 4.98 Å². The van der Waals surface area contributed by atoms with Crippen LogP contribution in [0.4, 0.5) is 0 Å². The molecule has 0 saturated carbocycles. The van der Waals surface area contributed by atoms with E-state index in [0.29, 0.717) is 17.6 Å². The Balaban J connectivity index is 1.67. The maximum Gasteiger partial charge on any atom is 0.227 e. The average molecular weight is 309 g/mol. The summed E-state index contributed by atoms with van der Waals surface area (Å²) in [5.41, 5.74) is 1.91.